The zero-order valence-electron chi connectivity index (χ0n) is 24.4. The fourth-order valence-corrected chi connectivity index (χ4v) is 8.00. The molecule has 0 spiro atoms. The van der Waals surface area contributed by atoms with E-state index in [4.69, 9.17) is 0 Å². The van der Waals surface area contributed by atoms with E-state index in [-0.39, 0.29) is 6.71 Å². The third kappa shape index (κ3) is 4.11. The summed E-state index contributed by atoms with van der Waals surface area (Å²) < 4.78 is 0. The molecule has 0 unspecified atom stereocenters. The first-order valence-corrected chi connectivity index (χ1v) is 16.6. The van der Waals surface area contributed by atoms with Crippen molar-refractivity contribution in [1.29, 1.82) is 0 Å². The largest absolute Gasteiger partial charge is 0.311 e. The highest BCUT2D eigenvalue weighted by molar-refractivity contribution is 7.98. The Bertz CT molecular complexity index is 1780. The minimum Gasteiger partial charge on any atom is -0.311 e. The van der Waals surface area contributed by atoms with Crippen LogP contribution in [0.2, 0.25) is 0 Å². The summed E-state index contributed by atoms with van der Waals surface area (Å²) in [6.45, 7) is 2.36. The van der Waals surface area contributed by atoms with E-state index in [2.05, 4.69) is 132 Å². The maximum Gasteiger partial charge on any atom is 0.252 e. The molecule has 0 radical (unpaired) electrons. The van der Waals surface area contributed by atoms with Gasteiger partial charge in [-0.05, 0) is 108 Å². The summed E-state index contributed by atoms with van der Waals surface area (Å²) in [4.78, 5) is 6.40. The predicted octanol–water partition coefficient (Wildman–Crippen LogP) is 8.85. The first-order chi connectivity index (χ1) is 20.7. The van der Waals surface area contributed by atoms with E-state index in [0.29, 0.717) is 5.92 Å². The molecule has 42 heavy (non-hydrogen) atoms. The van der Waals surface area contributed by atoms with E-state index in [1.807, 2.05) is 11.8 Å². The highest BCUT2D eigenvalue weighted by Gasteiger charge is 2.43. The van der Waals surface area contributed by atoms with Crippen LogP contribution in [-0.4, -0.2) is 13.0 Å². The van der Waals surface area contributed by atoms with E-state index in [0.717, 1.165) is 0 Å². The molecule has 4 heteroatoms. The Labute approximate surface area is 254 Å². The van der Waals surface area contributed by atoms with Crippen LogP contribution >= 0.6 is 11.8 Å². The van der Waals surface area contributed by atoms with Crippen molar-refractivity contribution in [3.63, 3.8) is 0 Å². The van der Waals surface area contributed by atoms with Crippen LogP contribution in [0.15, 0.2) is 114 Å². The lowest BCUT2D eigenvalue weighted by atomic mass is 9.33. The molecular weight excluding hydrogens is 527 g/mol. The van der Waals surface area contributed by atoms with Gasteiger partial charge in [-0.1, -0.05) is 79.4 Å². The molecule has 2 aliphatic heterocycles. The van der Waals surface area contributed by atoms with Gasteiger partial charge in [0.2, 0.25) is 0 Å². The molecule has 0 N–H and O–H groups in total. The van der Waals surface area contributed by atoms with Crippen LogP contribution in [0.25, 0.3) is 0 Å². The van der Waals surface area contributed by atoms with Crippen LogP contribution in [0.1, 0.15) is 49.1 Å². The van der Waals surface area contributed by atoms with E-state index in [1.165, 1.54) is 98.6 Å². The number of para-hydroxylation sites is 2. The maximum atomic E-state index is 2.56. The minimum atomic E-state index is 0.180. The normalized spacial score (nSPS) is 15.7. The zero-order chi connectivity index (χ0) is 28.2. The third-order valence-electron chi connectivity index (χ3n) is 9.59. The van der Waals surface area contributed by atoms with Gasteiger partial charge in [0.05, 0.1) is 0 Å². The van der Waals surface area contributed by atoms with Gasteiger partial charge in [0.1, 0.15) is 0 Å². The first-order valence-electron chi connectivity index (χ1n) is 15.4. The molecule has 8 rings (SSSR count). The molecule has 5 aromatic rings. The van der Waals surface area contributed by atoms with E-state index >= 15 is 0 Å². The molecule has 0 bridgehead atoms. The summed E-state index contributed by atoms with van der Waals surface area (Å²) in [7, 11) is 0. The summed E-state index contributed by atoms with van der Waals surface area (Å²) in [5, 5.41) is 0. The summed E-state index contributed by atoms with van der Waals surface area (Å²) in [5.74, 6) is 0.604. The number of rotatable bonds is 4. The number of benzene rings is 5. The van der Waals surface area contributed by atoms with Gasteiger partial charge in [0.25, 0.3) is 6.71 Å². The maximum absolute atomic E-state index is 2.56. The van der Waals surface area contributed by atoms with Gasteiger partial charge in [-0.25, -0.2) is 0 Å². The fourth-order valence-electron chi connectivity index (χ4n) is 7.57. The van der Waals surface area contributed by atoms with Crippen molar-refractivity contribution in [2.24, 2.45) is 0 Å². The molecule has 0 aromatic heterocycles. The molecule has 1 fully saturated rings. The third-order valence-corrected chi connectivity index (χ3v) is 10.3. The lowest BCUT2D eigenvalue weighted by molar-refractivity contribution is 0.444. The summed E-state index contributed by atoms with van der Waals surface area (Å²) in [6.07, 6.45) is 8.75. The molecular formula is C38H35BN2S. The van der Waals surface area contributed by atoms with Gasteiger partial charge in [-0.15, -0.1) is 11.8 Å². The number of aryl methyl sites for hydroxylation is 1. The Morgan fingerprint density at radius 1 is 0.619 bits per heavy atom. The van der Waals surface area contributed by atoms with Crippen molar-refractivity contribution >= 4 is 69.0 Å². The standard InChI is InChI=1S/C38H35BN2S/c1-26-17-19-30(20-18-26)41-35-25-31(42-2)21-22-33(35)39-32-15-9-10-16-34(32)40(29-13-7-4-8-14-29)36-23-28(24-37(41)38(36)39)27-11-5-3-6-12-27/h4,7-10,13-25,27H,3,5-6,11-12H2,1-2H3. The number of nitrogens with zero attached hydrogens (tertiary/aromatic N) is 2. The number of anilines is 6. The van der Waals surface area contributed by atoms with Gasteiger partial charge >= 0.3 is 0 Å². The Balaban J connectivity index is 1.47. The van der Waals surface area contributed by atoms with Gasteiger partial charge in [0.15, 0.2) is 0 Å². The summed E-state index contributed by atoms with van der Waals surface area (Å²) in [5.41, 5.74) is 14.7. The second-order valence-corrected chi connectivity index (χ2v) is 12.9. The van der Waals surface area contributed by atoms with Crippen molar-refractivity contribution in [2.45, 2.75) is 49.8 Å². The van der Waals surface area contributed by atoms with Crippen molar-refractivity contribution < 1.29 is 0 Å². The Kier molecular flexibility index (Phi) is 6.41. The van der Waals surface area contributed by atoms with Gasteiger partial charge < -0.3 is 9.80 Å². The SMILES string of the molecule is CSc1ccc2c(c1)N(c1ccc(C)cc1)c1cc(C3CCCCC3)cc3c1B2c1ccccc1N3c1ccccc1. The van der Waals surface area contributed by atoms with Crippen LogP contribution in [0.5, 0.6) is 0 Å². The average molecular weight is 563 g/mol. The lowest BCUT2D eigenvalue weighted by Gasteiger charge is -2.45. The van der Waals surface area contributed by atoms with Gasteiger partial charge in [-0.2, -0.15) is 0 Å². The van der Waals surface area contributed by atoms with Crippen molar-refractivity contribution in [1.82, 2.24) is 0 Å². The van der Waals surface area contributed by atoms with Crippen LogP contribution in [0, 0.1) is 6.92 Å². The second-order valence-electron chi connectivity index (χ2n) is 12.1. The molecule has 3 aliphatic rings. The van der Waals surface area contributed by atoms with Crippen molar-refractivity contribution in [2.75, 3.05) is 16.1 Å². The molecule has 1 aliphatic carbocycles. The smallest absolute Gasteiger partial charge is 0.252 e. The number of hydrogen-bond donors (Lipinski definition) is 0. The van der Waals surface area contributed by atoms with E-state index in [9.17, 15) is 0 Å². The second kappa shape index (κ2) is 10.4. The molecule has 2 heterocycles. The number of fused-ring (bicyclic) bond motifs is 4. The molecule has 0 saturated heterocycles. The van der Waals surface area contributed by atoms with Gasteiger partial charge in [-0.3, -0.25) is 0 Å². The van der Waals surface area contributed by atoms with Crippen molar-refractivity contribution in [3.8, 4) is 0 Å². The molecule has 206 valence electrons. The van der Waals surface area contributed by atoms with Crippen molar-refractivity contribution in [3.05, 3.63) is 120 Å². The highest BCUT2D eigenvalue weighted by atomic mass is 32.2. The van der Waals surface area contributed by atoms with Gasteiger partial charge in [0, 0.05) is 39.0 Å². The number of thioether (sulfide) groups is 1. The summed E-state index contributed by atoms with van der Waals surface area (Å²) in [6, 6.07) is 41.4. The zero-order valence-corrected chi connectivity index (χ0v) is 25.2. The topological polar surface area (TPSA) is 6.48 Å². The molecule has 2 nitrogen and oxygen atoms in total. The average Bonchev–Trinajstić information content (AvgIpc) is 3.05. The van der Waals surface area contributed by atoms with Crippen LogP contribution in [0.3, 0.4) is 0 Å². The first kappa shape index (κ1) is 25.8. The van der Waals surface area contributed by atoms with E-state index in [1.54, 1.807) is 0 Å². The molecule has 0 amide bonds. The predicted molar refractivity (Wildman–Crippen MR) is 183 cm³/mol. The molecule has 1 saturated carbocycles. The lowest BCUT2D eigenvalue weighted by Crippen LogP contribution is -2.61. The minimum absolute atomic E-state index is 0.180. The fraction of sp³-hybridized carbons (Fsp3) is 0.211. The van der Waals surface area contributed by atoms with Crippen LogP contribution in [0.4, 0.5) is 34.1 Å². The quantitative estimate of drug-likeness (QED) is 0.156. The molecule has 5 aromatic carbocycles. The monoisotopic (exact) mass is 562 g/mol. The summed E-state index contributed by atoms with van der Waals surface area (Å²) >= 11 is 1.82. The van der Waals surface area contributed by atoms with Crippen LogP contribution < -0.4 is 26.2 Å². The Hall–Kier alpha value is -3.89. The Morgan fingerprint density at radius 2 is 1.26 bits per heavy atom. The Morgan fingerprint density at radius 3 is 2.00 bits per heavy atom. The molecule has 0 atom stereocenters. The van der Waals surface area contributed by atoms with E-state index < -0.39 is 0 Å². The number of hydrogen-bond acceptors (Lipinski definition) is 3. The highest BCUT2D eigenvalue weighted by Crippen LogP contribution is 2.47. The van der Waals surface area contributed by atoms with Crippen LogP contribution in [-0.2, 0) is 0 Å².